The number of H-pyrrole nitrogens is 1. The van der Waals surface area contributed by atoms with Crippen LogP contribution in [0.15, 0.2) is 12.5 Å². The third-order valence-corrected chi connectivity index (χ3v) is 1.92. The molecule has 0 saturated heterocycles. The zero-order chi connectivity index (χ0) is 13.5. The fourth-order valence-electron chi connectivity index (χ4n) is 1.19. The quantitative estimate of drug-likeness (QED) is 0.520. The third kappa shape index (κ3) is 4.51. The number of rotatable bonds is 6. The number of hydrogen-bond donors (Lipinski definition) is 4. The lowest BCUT2D eigenvalue weighted by Crippen LogP contribution is -2.45. The summed E-state index contributed by atoms with van der Waals surface area (Å²) < 4.78 is 0. The van der Waals surface area contributed by atoms with Gasteiger partial charge in [0.2, 0.25) is 0 Å². The standard InChI is InChI=1S/C9H12N4O5/c14-7(15)3-13(4-8(16)17)9(18)11-2-6-1-10-5-12-6/h1,5H,2-4H2,(H,10,12)(H,11,18)(H,14,15)(H,16,17). The van der Waals surface area contributed by atoms with E-state index in [4.69, 9.17) is 10.2 Å². The first-order valence-corrected chi connectivity index (χ1v) is 4.92. The van der Waals surface area contributed by atoms with Gasteiger partial charge in [-0.3, -0.25) is 9.59 Å². The summed E-state index contributed by atoms with van der Waals surface area (Å²) in [4.78, 5) is 39.7. The fraction of sp³-hybridized carbons (Fsp3) is 0.333. The summed E-state index contributed by atoms with van der Waals surface area (Å²) in [6.45, 7) is -1.25. The van der Waals surface area contributed by atoms with E-state index in [0.29, 0.717) is 10.6 Å². The summed E-state index contributed by atoms with van der Waals surface area (Å²) in [7, 11) is 0. The van der Waals surface area contributed by atoms with Gasteiger partial charge in [0.15, 0.2) is 0 Å². The van der Waals surface area contributed by atoms with Gasteiger partial charge in [0, 0.05) is 6.20 Å². The van der Waals surface area contributed by atoms with Crippen molar-refractivity contribution in [2.75, 3.05) is 13.1 Å². The van der Waals surface area contributed by atoms with Crippen molar-refractivity contribution in [1.29, 1.82) is 0 Å². The molecule has 0 fully saturated rings. The number of carbonyl (C=O) groups excluding carboxylic acids is 1. The molecular formula is C9H12N4O5. The molecule has 4 N–H and O–H groups in total. The topological polar surface area (TPSA) is 136 Å². The second kappa shape index (κ2) is 6.23. The summed E-state index contributed by atoms with van der Waals surface area (Å²) in [6.07, 6.45) is 2.91. The maximum atomic E-state index is 11.6. The number of aromatic nitrogens is 2. The van der Waals surface area contributed by atoms with Crippen LogP contribution in [0.3, 0.4) is 0 Å². The van der Waals surface area contributed by atoms with Gasteiger partial charge in [0.25, 0.3) is 0 Å². The van der Waals surface area contributed by atoms with Crippen LogP contribution in [-0.4, -0.2) is 56.1 Å². The second-order valence-electron chi connectivity index (χ2n) is 3.38. The number of hydrogen-bond acceptors (Lipinski definition) is 4. The lowest BCUT2D eigenvalue weighted by Gasteiger charge is -2.18. The van der Waals surface area contributed by atoms with Crippen molar-refractivity contribution in [3.63, 3.8) is 0 Å². The highest BCUT2D eigenvalue weighted by Crippen LogP contribution is 1.94. The van der Waals surface area contributed by atoms with Gasteiger partial charge in [-0.15, -0.1) is 0 Å². The Kier molecular flexibility index (Phi) is 4.67. The molecule has 0 atom stereocenters. The van der Waals surface area contributed by atoms with E-state index < -0.39 is 31.1 Å². The van der Waals surface area contributed by atoms with Gasteiger partial charge in [-0.05, 0) is 0 Å². The Morgan fingerprint density at radius 3 is 2.33 bits per heavy atom. The number of urea groups is 1. The van der Waals surface area contributed by atoms with E-state index in [1.807, 2.05) is 0 Å². The SMILES string of the molecule is O=C(O)CN(CC(=O)O)C(=O)NCc1cnc[nH]1. The van der Waals surface area contributed by atoms with E-state index >= 15 is 0 Å². The van der Waals surface area contributed by atoms with E-state index in [1.165, 1.54) is 12.5 Å². The Labute approximate surface area is 101 Å². The van der Waals surface area contributed by atoms with Gasteiger partial charge in [-0.1, -0.05) is 0 Å². The Bertz CT molecular complexity index is 414. The average Bonchev–Trinajstić information content (AvgIpc) is 2.76. The molecule has 0 radical (unpaired) electrons. The van der Waals surface area contributed by atoms with Gasteiger partial charge in [-0.25, -0.2) is 9.78 Å². The van der Waals surface area contributed by atoms with E-state index in [0.717, 1.165) is 0 Å². The van der Waals surface area contributed by atoms with Crippen LogP contribution in [0.1, 0.15) is 5.69 Å². The molecule has 0 aromatic carbocycles. The predicted molar refractivity (Wildman–Crippen MR) is 57.7 cm³/mol. The normalized spacial score (nSPS) is 9.78. The number of imidazole rings is 1. The number of carboxylic acids is 2. The number of nitrogens with zero attached hydrogens (tertiary/aromatic N) is 2. The van der Waals surface area contributed by atoms with Crippen molar-refractivity contribution < 1.29 is 24.6 Å². The average molecular weight is 256 g/mol. The molecule has 9 nitrogen and oxygen atoms in total. The lowest BCUT2D eigenvalue weighted by atomic mass is 10.4. The van der Waals surface area contributed by atoms with E-state index in [2.05, 4.69) is 15.3 Å². The lowest BCUT2D eigenvalue weighted by molar-refractivity contribution is -0.140. The number of carbonyl (C=O) groups is 3. The van der Waals surface area contributed by atoms with Crippen LogP contribution in [0.4, 0.5) is 4.79 Å². The molecule has 2 amide bonds. The van der Waals surface area contributed by atoms with Crippen molar-refractivity contribution in [2.24, 2.45) is 0 Å². The highest BCUT2D eigenvalue weighted by molar-refractivity contribution is 5.83. The van der Waals surface area contributed by atoms with Crippen molar-refractivity contribution in [3.8, 4) is 0 Å². The van der Waals surface area contributed by atoms with Gasteiger partial charge in [0.05, 0.1) is 18.6 Å². The first-order chi connectivity index (χ1) is 8.49. The number of aromatic amines is 1. The van der Waals surface area contributed by atoms with Crippen LogP contribution >= 0.6 is 0 Å². The molecule has 18 heavy (non-hydrogen) atoms. The summed E-state index contributed by atoms with van der Waals surface area (Å²) in [5, 5.41) is 19.5. The van der Waals surface area contributed by atoms with Gasteiger partial charge in [0.1, 0.15) is 13.1 Å². The van der Waals surface area contributed by atoms with E-state index in [-0.39, 0.29) is 6.54 Å². The maximum Gasteiger partial charge on any atom is 0.323 e. The number of aliphatic carboxylic acids is 2. The molecule has 0 aliphatic heterocycles. The first kappa shape index (κ1) is 13.5. The monoisotopic (exact) mass is 256 g/mol. The Morgan fingerprint density at radius 2 is 1.89 bits per heavy atom. The molecule has 0 aliphatic carbocycles. The molecule has 0 saturated carbocycles. The zero-order valence-electron chi connectivity index (χ0n) is 9.29. The van der Waals surface area contributed by atoms with Crippen LogP contribution in [0, 0.1) is 0 Å². The number of carboxylic acid groups (broad SMARTS) is 2. The molecule has 0 aliphatic rings. The predicted octanol–water partition coefficient (Wildman–Crippen LogP) is -0.909. The molecule has 1 heterocycles. The van der Waals surface area contributed by atoms with Crippen LogP contribution in [0.2, 0.25) is 0 Å². The van der Waals surface area contributed by atoms with Crippen molar-refractivity contribution in [3.05, 3.63) is 18.2 Å². The van der Waals surface area contributed by atoms with Crippen molar-refractivity contribution in [1.82, 2.24) is 20.2 Å². The maximum absolute atomic E-state index is 11.6. The molecule has 1 aromatic rings. The number of nitrogens with one attached hydrogen (secondary N) is 2. The summed E-state index contributed by atoms with van der Waals surface area (Å²) in [5.74, 6) is -2.57. The van der Waals surface area contributed by atoms with Crippen LogP contribution in [0.5, 0.6) is 0 Å². The molecule has 1 aromatic heterocycles. The fourth-order valence-corrected chi connectivity index (χ4v) is 1.19. The Balaban J connectivity index is 2.52. The first-order valence-electron chi connectivity index (χ1n) is 4.92. The van der Waals surface area contributed by atoms with Crippen LogP contribution in [-0.2, 0) is 16.1 Å². The Hall–Kier alpha value is -2.58. The van der Waals surface area contributed by atoms with Crippen LogP contribution in [0.25, 0.3) is 0 Å². The smallest absolute Gasteiger partial charge is 0.323 e. The largest absolute Gasteiger partial charge is 0.480 e. The molecular weight excluding hydrogens is 244 g/mol. The molecule has 1 rings (SSSR count). The minimum Gasteiger partial charge on any atom is -0.480 e. The highest BCUT2D eigenvalue weighted by atomic mass is 16.4. The molecule has 98 valence electrons. The van der Waals surface area contributed by atoms with E-state index in [9.17, 15) is 14.4 Å². The zero-order valence-corrected chi connectivity index (χ0v) is 9.29. The molecule has 9 heteroatoms. The summed E-state index contributed by atoms with van der Waals surface area (Å²) >= 11 is 0. The van der Waals surface area contributed by atoms with E-state index in [1.54, 1.807) is 0 Å². The van der Waals surface area contributed by atoms with Crippen molar-refractivity contribution in [2.45, 2.75) is 6.54 Å². The summed E-state index contributed by atoms with van der Waals surface area (Å²) in [5.41, 5.74) is 0.619. The van der Waals surface area contributed by atoms with Gasteiger partial charge >= 0.3 is 18.0 Å². The molecule has 0 unspecified atom stereocenters. The Morgan fingerprint density at radius 1 is 1.28 bits per heavy atom. The minimum atomic E-state index is -1.28. The third-order valence-electron chi connectivity index (χ3n) is 1.92. The molecule has 0 spiro atoms. The van der Waals surface area contributed by atoms with Crippen LogP contribution < -0.4 is 5.32 Å². The van der Waals surface area contributed by atoms with Gasteiger partial charge < -0.3 is 25.4 Å². The summed E-state index contributed by atoms with van der Waals surface area (Å²) in [6, 6.07) is -0.769. The van der Waals surface area contributed by atoms with Crippen molar-refractivity contribution >= 4 is 18.0 Å². The van der Waals surface area contributed by atoms with Gasteiger partial charge in [-0.2, -0.15) is 0 Å². The minimum absolute atomic E-state index is 0.106. The highest BCUT2D eigenvalue weighted by Gasteiger charge is 2.19. The molecule has 0 bridgehead atoms. The number of amides is 2. The second-order valence-corrected chi connectivity index (χ2v) is 3.38.